The van der Waals surface area contributed by atoms with E-state index in [1.807, 2.05) is 4.90 Å². The lowest BCUT2D eigenvalue weighted by Crippen LogP contribution is -2.36. The second kappa shape index (κ2) is 5.36. The van der Waals surface area contributed by atoms with Gasteiger partial charge in [0.2, 0.25) is 5.91 Å². The van der Waals surface area contributed by atoms with Gasteiger partial charge in [-0.2, -0.15) is 0 Å². The zero-order valence-corrected chi connectivity index (χ0v) is 12.6. The van der Waals surface area contributed by atoms with Crippen molar-refractivity contribution >= 4 is 5.91 Å². The van der Waals surface area contributed by atoms with E-state index in [4.69, 9.17) is 0 Å². The molecule has 2 heteroatoms. The van der Waals surface area contributed by atoms with Gasteiger partial charge in [-0.3, -0.25) is 4.79 Å². The number of carbonyl (C=O) groups is 1. The molecule has 0 unspecified atom stereocenters. The fourth-order valence-electron chi connectivity index (χ4n) is 2.78. The standard InChI is InChI=1S/C17H25NO/c1-13(19)18-11-9-15(10-12-18)14-5-7-16(8-6-14)17(2,3)4/h5-8,15H,9-12H2,1-4H3. The van der Waals surface area contributed by atoms with Crippen molar-refractivity contribution < 1.29 is 4.79 Å². The van der Waals surface area contributed by atoms with E-state index in [0.717, 1.165) is 25.9 Å². The van der Waals surface area contributed by atoms with Crippen molar-refractivity contribution in [2.75, 3.05) is 13.1 Å². The van der Waals surface area contributed by atoms with Crippen LogP contribution >= 0.6 is 0 Å². The van der Waals surface area contributed by atoms with Gasteiger partial charge in [0.25, 0.3) is 0 Å². The van der Waals surface area contributed by atoms with Gasteiger partial charge in [-0.25, -0.2) is 0 Å². The molecule has 0 radical (unpaired) electrons. The summed E-state index contributed by atoms with van der Waals surface area (Å²) in [5.41, 5.74) is 3.03. The van der Waals surface area contributed by atoms with Crippen LogP contribution in [0.3, 0.4) is 0 Å². The maximum atomic E-state index is 11.3. The lowest BCUT2D eigenvalue weighted by Gasteiger charge is -2.31. The zero-order chi connectivity index (χ0) is 14.0. The summed E-state index contributed by atoms with van der Waals surface area (Å²) in [5, 5.41) is 0. The van der Waals surface area contributed by atoms with Gasteiger partial charge < -0.3 is 4.90 Å². The van der Waals surface area contributed by atoms with Gasteiger partial charge in [-0.15, -0.1) is 0 Å². The molecule has 1 amide bonds. The van der Waals surface area contributed by atoms with Crippen molar-refractivity contribution in [3.63, 3.8) is 0 Å². The number of carbonyl (C=O) groups excluding carboxylic acids is 1. The van der Waals surface area contributed by atoms with Gasteiger partial charge in [0, 0.05) is 20.0 Å². The highest BCUT2D eigenvalue weighted by molar-refractivity contribution is 5.73. The SMILES string of the molecule is CC(=O)N1CCC(c2ccc(C(C)(C)C)cc2)CC1. The van der Waals surface area contributed by atoms with E-state index in [1.165, 1.54) is 11.1 Å². The molecule has 104 valence electrons. The topological polar surface area (TPSA) is 20.3 Å². The van der Waals surface area contributed by atoms with Crippen LogP contribution in [-0.2, 0) is 10.2 Å². The first kappa shape index (κ1) is 14.1. The van der Waals surface area contributed by atoms with Gasteiger partial charge in [0.05, 0.1) is 0 Å². The van der Waals surface area contributed by atoms with E-state index in [2.05, 4.69) is 45.0 Å². The molecular formula is C17H25NO. The second-order valence-corrected chi connectivity index (χ2v) is 6.65. The van der Waals surface area contributed by atoms with Crippen LogP contribution in [0.2, 0.25) is 0 Å². The fourth-order valence-corrected chi connectivity index (χ4v) is 2.78. The molecule has 1 aliphatic rings. The minimum Gasteiger partial charge on any atom is -0.343 e. The van der Waals surface area contributed by atoms with Gasteiger partial charge >= 0.3 is 0 Å². The Bertz CT molecular complexity index is 433. The average Bonchev–Trinajstić information content (AvgIpc) is 2.38. The maximum absolute atomic E-state index is 11.3. The number of piperidine rings is 1. The molecule has 1 aliphatic heterocycles. The van der Waals surface area contributed by atoms with E-state index in [0.29, 0.717) is 5.92 Å². The minimum atomic E-state index is 0.210. The molecule has 1 fully saturated rings. The van der Waals surface area contributed by atoms with Crippen LogP contribution in [0, 0.1) is 0 Å². The van der Waals surface area contributed by atoms with Crippen LogP contribution in [0.1, 0.15) is 57.6 Å². The lowest BCUT2D eigenvalue weighted by molar-refractivity contribution is -0.129. The summed E-state index contributed by atoms with van der Waals surface area (Å²) in [7, 11) is 0. The fraction of sp³-hybridized carbons (Fsp3) is 0.588. The van der Waals surface area contributed by atoms with Gasteiger partial charge in [-0.1, -0.05) is 45.0 Å². The molecule has 1 saturated heterocycles. The Morgan fingerprint density at radius 2 is 1.63 bits per heavy atom. The average molecular weight is 259 g/mol. The smallest absolute Gasteiger partial charge is 0.219 e. The molecule has 1 aromatic rings. The first-order valence-electron chi connectivity index (χ1n) is 7.24. The summed E-state index contributed by atoms with van der Waals surface area (Å²) in [6.07, 6.45) is 2.18. The van der Waals surface area contributed by atoms with Gasteiger partial charge in [0.15, 0.2) is 0 Å². The molecule has 0 spiro atoms. The Morgan fingerprint density at radius 3 is 2.05 bits per heavy atom. The monoisotopic (exact) mass is 259 g/mol. The number of rotatable bonds is 1. The molecule has 0 N–H and O–H groups in total. The summed E-state index contributed by atoms with van der Waals surface area (Å²) >= 11 is 0. The molecule has 0 bridgehead atoms. The zero-order valence-electron chi connectivity index (χ0n) is 12.6. The van der Waals surface area contributed by atoms with Crippen molar-refractivity contribution in [1.82, 2.24) is 4.90 Å². The largest absolute Gasteiger partial charge is 0.343 e. The van der Waals surface area contributed by atoms with Crippen LogP contribution < -0.4 is 0 Å². The van der Waals surface area contributed by atoms with E-state index in [9.17, 15) is 4.79 Å². The lowest BCUT2D eigenvalue weighted by atomic mass is 9.84. The molecule has 0 aromatic heterocycles. The molecule has 0 saturated carbocycles. The van der Waals surface area contributed by atoms with Gasteiger partial charge in [0.1, 0.15) is 0 Å². The van der Waals surface area contributed by atoms with Crippen molar-refractivity contribution in [3.05, 3.63) is 35.4 Å². The summed E-state index contributed by atoms with van der Waals surface area (Å²) in [6.45, 7) is 10.2. The van der Waals surface area contributed by atoms with Crippen LogP contribution in [0.5, 0.6) is 0 Å². The summed E-state index contributed by atoms with van der Waals surface area (Å²) in [6, 6.07) is 9.06. The second-order valence-electron chi connectivity index (χ2n) is 6.65. The minimum absolute atomic E-state index is 0.210. The van der Waals surface area contributed by atoms with Crippen LogP contribution in [0.4, 0.5) is 0 Å². The van der Waals surface area contributed by atoms with Crippen LogP contribution in [0.25, 0.3) is 0 Å². The predicted octanol–water partition coefficient (Wildman–Crippen LogP) is 3.71. The Hall–Kier alpha value is -1.31. The highest BCUT2D eigenvalue weighted by Crippen LogP contribution is 2.30. The molecule has 0 atom stereocenters. The highest BCUT2D eigenvalue weighted by atomic mass is 16.2. The Kier molecular flexibility index (Phi) is 3.98. The summed E-state index contributed by atoms with van der Waals surface area (Å²) < 4.78 is 0. The number of hydrogen-bond acceptors (Lipinski definition) is 1. The Labute approximate surface area is 116 Å². The number of hydrogen-bond donors (Lipinski definition) is 0. The van der Waals surface area contributed by atoms with E-state index >= 15 is 0 Å². The third kappa shape index (κ3) is 3.37. The molecule has 1 heterocycles. The van der Waals surface area contributed by atoms with Crippen molar-refractivity contribution in [2.45, 2.75) is 51.9 Å². The summed E-state index contributed by atoms with van der Waals surface area (Å²) in [4.78, 5) is 13.3. The van der Waals surface area contributed by atoms with E-state index < -0.39 is 0 Å². The molecule has 2 nitrogen and oxygen atoms in total. The molecule has 1 aromatic carbocycles. The quantitative estimate of drug-likeness (QED) is 0.753. The van der Waals surface area contributed by atoms with E-state index in [-0.39, 0.29) is 11.3 Å². The first-order valence-corrected chi connectivity index (χ1v) is 7.24. The van der Waals surface area contributed by atoms with Gasteiger partial charge in [-0.05, 0) is 35.3 Å². The molecular weight excluding hydrogens is 234 g/mol. The van der Waals surface area contributed by atoms with Crippen molar-refractivity contribution in [3.8, 4) is 0 Å². The third-order valence-corrected chi connectivity index (χ3v) is 4.19. The van der Waals surface area contributed by atoms with Crippen molar-refractivity contribution in [2.24, 2.45) is 0 Å². The Balaban J connectivity index is 2.02. The number of benzene rings is 1. The number of nitrogens with zero attached hydrogens (tertiary/aromatic N) is 1. The normalized spacial score (nSPS) is 17.6. The summed E-state index contributed by atoms with van der Waals surface area (Å²) in [5.74, 6) is 0.825. The van der Waals surface area contributed by atoms with Crippen LogP contribution in [0.15, 0.2) is 24.3 Å². The Morgan fingerprint density at radius 1 is 1.11 bits per heavy atom. The first-order chi connectivity index (χ1) is 8.88. The van der Waals surface area contributed by atoms with Crippen molar-refractivity contribution in [1.29, 1.82) is 0 Å². The predicted molar refractivity (Wildman–Crippen MR) is 79.4 cm³/mol. The molecule has 2 rings (SSSR count). The maximum Gasteiger partial charge on any atom is 0.219 e. The van der Waals surface area contributed by atoms with E-state index in [1.54, 1.807) is 6.92 Å². The third-order valence-electron chi connectivity index (χ3n) is 4.19. The van der Waals surface area contributed by atoms with Crippen LogP contribution in [-0.4, -0.2) is 23.9 Å². The number of amides is 1. The number of likely N-dealkylation sites (tertiary alicyclic amines) is 1. The highest BCUT2D eigenvalue weighted by Gasteiger charge is 2.22. The molecule has 0 aliphatic carbocycles. The molecule has 19 heavy (non-hydrogen) atoms.